The van der Waals surface area contributed by atoms with E-state index < -0.39 is 0 Å². The van der Waals surface area contributed by atoms with E-state index in [-0.39, 0.29) is 17.4 Å². The molecule has 2 rings (SSSR count). The molecule has 18 heavy (non-hydrogen) atoms. The van der Waals surface area contributed by atoms with Crippen LogP contribution in [-0.2, 0) is 0 Å². The quantitative estimate of drug-likeness (QED) is 0.237. The van der Waals surface area contributed by atoms with Crippen LogP contribution in [0.15, 0.2) is 5.16 Å². The SMILES string of the molecule is NC(CC1(CNCC2(CO)CCCC2)CC1)=NO. The Hall–Kier alpha value is -0.810. The fourth-order valence-electron chi connectivity index (χ4n) is 3.12. The summed E-state index contributed by atoms with van der Waals surface area (Å²) in [4.78, 5) is 0. The summed E-state index contributed by atoms with van der Waals surface area (Å²) < 4.78 is 0. The zero-order valence-corrected chi connectivity index (χ0v) is 11.0. The fraction of sp³-hybridized carbons (Fsp3) is 0.923. The van der Waals surface area contributed by atoms with Gasteiger partial charge in [0.25, 0.3) is 0 Å². The lowest BCUT2D eigenvalue weighted by atomic mass is 9.87. The average molecular weight is 255 g/mol. The molecule has 5 heteroatoms. The molecule has 0 unspecified atom stereocenters. The van der Waals surface area contributed by atoms with Crippen LogP contribution in [0.1, 0.15) is 44.9 Å². The van der Waals surface area contributed by atoms with Gasteiger partial charge in [-0.2, -0.15) is 0 Å². The Balaban J connectivity index is 1.75. The van der Waals surface area contributed by atoms with Gasteiger partial charge < -0.3 is 21.4 Å². The summed E-state index contributed by atoms with van der Waals surface area (Å²) in [6.07, 6.45) is 7.68. The van der Waals surface area contributed by atoms with E-state index in [2.05, 4.69) is 10.5 Å². The van der Waals surface area contributed by atoms with Crippen LogP contribution in [0.2, 0.25) is 0 Å². The van der Waals surface area contributed by atoms with Gasteiger partial charge in [0.05, 0.1) is 0 Å². The number of aliphatic hydroxyl groups is 1. The smallest absolute Gasteiger partial charge is 0.139 e. The molecule has 2 aliphatic carbocycles. The first-order valence-corrected chi connectivity index (χ1v) is 6.92. The molecule has 0 aliphatic heterocycles. The van der Waals surface area contributed by atoms with E-state index in [9.17, 15) is 5.11 Å². The van der Waals surface area contributed by atoms with Gasteiger partial charge in [0.1, 0.15) is 5.84 Å². The minimum absolute atomic E-state index is 0.104. The number of hydrogen-bond acceptors (Lipinski definition) is 4. The number of rotatable bonds is 7. The lowest BCUT2D eigenvalue weighted by Crippen LogP contribution is -2.38. The van der Waals surface area contributed by atoms with Crippen molar-refractivity contribution in [3.8, 4) is 0 Å². The number of nitrogens with one attached hydrogen (secondary N) is 1. The van der Waals surface area contributed by atoms with Crippen LogP contribution >= 0.6 is 0 Å². The van der Waals surface area contributed by atoms with E-state index in [0.717, 1.165) is 38.8 Å². The lowest BCUT2D eigenvalue weighted by Gasteiger charge is -2.28. The van der Waals surface area contributed by atoms with Crippen molar-refractivity contribution in [3.05, 3.63) is 0 Å². The van der Waals surface area contributed by atoms with Crippen LogP contribution in [0.3, 0.4) is 0 Å². The molecule has 0 heterocycles. The average Bonchev–Trinajstić information content (AvgIpc) is 2.96. The standard InChI is InChI=1S/C13H25N3O2/c14-11(16-18)7-12(5-6-12)8-15-9-13(10-17)3-1-2-4-13/h15,17-18H,1-10H2,(H2,14,16). The van der Waals surface area contributed by atoms with Gasteiger partial charge in [0.15, 0.2) is 0 Å². The molecule has 0 atom stereocenters. The monoisotopic (exact) mass is 255 g/mol. The molecular weight excluding hydrogens is 230 g/mol. The zero-order chi connectivity index (χ0) is 13.1. The van der Waals surface area contributed by atoms with Crippen molar-refractivity contribution >= 4 is 5.84 Å². The molecular formula is C13H25N3O2. The van der Waals surface area contributed by atoms with Gasteiger partial charge in [-0.25, -0.2) is 0 Å². The number of hydrogen-bond donors (Lipinski definition) is 4. The molecule has 0 aromatic carbocycles. The second kappa shape index (κ2) is 5.45. The van der Waals surface area contributed by atoms with E-state index in [1.54, 1.807) is 0 Å². The van der Waals surface area contributed by atoms with Crippen LogP contribution in [-0.4, -0.2) is 35.8 Å². The zero-order valence-electron chi connectivity index (χ0n) is 11.0. The number of nitrogens with two attached hydrogens (primary N) is 1. The molecule has 0 aromatic rings. The molecule has 5 nitrogen and oxygen atoms in total. The van der Waals surface area contributed by atoms with Crippen molar-refractivity contribution in [2.45, 2.75) is 44.9 Å². The maximum absolute atomic E-state index is 9.53. The summed E-state index contributed by atoms with van der Waals surface area (Å²) in [6, 6.07) is 0. The largest absolute Gasteiger partial charge is 0.409 e. The van der Waals surface area contributed by atoms with Crippen molar-refractivity contribution < 1.29 is 10.3 Å². The molecule has 104 valence electrons. The first kappa shape index (κ1) is 13.6. The van der Waals surface area contributed by atoms with E-state index in [4.69, 9.17) is 10.9 Å². The van der Waals surface area contributed by atoms with Crippen LogP contribution in [0.4, 0.5) is 0 Å². The van der Waals surface area contributed by atoms with Crippen LogP contribution in [0.5, 0.6) is 0 Å². The highest BCUT2D eigenvalue weighted by molar-refractivity contribution is 5.80. The van der Waals surface area contributed by atoms with Gasteiger partial charge in [0.2, 0.25) is 0 Å². The highest BCUT2D eigenvalue weighted by Crippen LogP contribution is 2.48. The van der Waals surface area contributed by atoms with Gasteiger partial charge in [-0.05, 0) is 31.1 Å². The van der Waals surface area contributed by atoms with Crippen molar-refractivity contribution in [2.75, 3.05) is 19.7 Å². The van der Waals surface area contributed by atoms with E-state index >= 15 is 0 Å². The Kier molecular flexibility index (Phi) is 4.12. The van der Waals surface area contributed by atoms with Crippen molar-refractivity contribution in [3.63, 3.8) is 0 Å². The number of amidine groups is 1. The summed E-state index contributed by atoms with van der Waals surface area (Å²) in [5, 5.41) is 24.7. The normalized spacial score (nSPS) is 25.3. The Labute approximate surface area is 108 Å². The molecule has 0 amide bonds. The van der Waals surface area contributed by atoms with E-state index in [1.165, 1.54) is 12.8 Å². The Morgan fingerprint density at radius 2 is 1.72 bits per heavy atom. The molecule has 2 fully saturated rings. The predicted molar refractivity (Wildman–Crippen MR) is 70.5 cm³/mol. The summed E-state index contributed by atoms with van der Waals surface area (Å²) in [7, 11) is 0. The predicted octanol–water partition coefficient (Wildman–Crippen LogP) is 1.05. The van der Waals surface area contributed by atoms with Gasteiger partial charge in [0, 0.05) is 31.5 Å². The first-order valence-electron chi connectivity index (χ1n) is 6.92. The summed E-state index contributed by atoms with van der Waals surface area (Å²) in [5.74, 6) is 0.326. The van der Waals surface area contributed by atoms with Gasteiger partial charge in [-0.3, -0.25) is 0 Å². The maximum atomic E-state index is 9.53. The Bertz CT molecular complexity index is 307. The third-order valence-corrected chi connectivity index (χ3v) is 4.64. The van der Waals surface area contributed by atoms with Crippen LogP contribution in [0.25, 0.3) is 0 Å². The first-order chi connectivity index (χ1) is 8.64. The van der Waals surface area contributed by atoms with Crippen molar-refractivity contribution in [1.82, 2.24) is 5.32 Å². The summed E-state index contributed by atoms with van der Waals surface area (Å²) in [5.41, 5.74) is 5.88. The number of nitrogens with zero attached hydrogens (tertiary/aromatic N) is 1. The fourth-order valence-corrected chi connectivity index (χ4v) is 3.12. The molecule has 0 saturated heterocycles. The van der Waals surface area contributed by atoms with Gasteiger partial charge >= 0.3 is 0 Å². The van der Waals surface area contributed by atoms with E-state index in [1.807, 2.05) is 0 Å². The minimum Gasteiger partial charge on any atom is -0.409 e. The second-order valence-electron chi connectivity index (χ2n) is 6.24. The van der Waals surface area contributed by atoms with Crippen LogP contribution < -0.4 is 11.1 Å². The number of oxime groups is 1. The van der Waals surface area contributed by atoms with Gasteiger partial charge in [-0.1, -0.05) is 18.0 Å². The Morgan fingerprint density at radius 3 is 2.22 bits per heavy atom. The third kappa shape index (κ3) is 3.14. The molecule has 0 spiro atoms. The highest BCUT2D eigenvalue weighted by Gasteiger charge is 2.43. The van der Waals surface area contributed by atoms with Crippen LogP contribution in [0, 0.1) is 10.8 Å². The topological polar surface area (TPSA) is 90.9 Å². The van der Waals surface area contributed by atoms with E-state index in [0.29, 0.717) is 12.3 Å². The molecule has 2 saturated carbocycles. The molecule has 5 N–H and O–H groups in total. The highest BCUT2D eigenvalue weighted by atomic mass is 16.4. The molecule has 2 aliphatic rings. The third-order valence-electron chi connectivity index (χ3n) is 4.64. The van der Waals surface area contributed by atoms with Gasteiger partial charge in [-0.15, -0.1) is 0 Å². The second-order valence-corrected chi connectivity index (χ2v) is 6.24. The molecule has 0 bridgehead atoms. The summed E-state index contributed by atoms with van der Waals surface area (Å²) in [6.45, 7) is 2.08. The Morgan fingerprint density at radius 1 is 1.11 bits per heavy atom. The summed E-state index contributed by atoms with van der Waals surface area (Å²) >= 11 is 0. The van der Waals surface area contributed by atoms with Crippen molar-refractivity contribution in [1.29, 1.82) is 0 Å². The minimum atomic E-state index is 0.104. The molecule has 0 radical (unpaired) electrons. The lowest BCUT2D eigenvalue weighted by molar-refractivity contribution is 0.126. The number of aliphatic hydroxyl groups excluding tert-OH is 1. The van der Waals surface area contributed by atoms with Crippen molar-refractivity contribution in [2.24, 2.45) is 21.7 Å². The maximum Gasteiger partial charge on any atom is 0.139 e. The molecule has 0 aromatic heterocycles.